The second kappa shape index (κ2) is 12.9. The number of likely N-dealkylation sites (tertiary alicyclic amines) is 1. The van der Waals surface area contributed by atoms with E-state index in [9.17, 15) is 4.79 Å². The minimum atomic E-state index is 0.0558. The number of nitrogens with one attached hydrogen (secondary N) is 2. The summed E-state index contributed by atoms with van der Waals surface area (Å²) >= 11 is 0. The average Bonchev–Trinajstić information content (AvgIpc) is 2.84. The molecule has 174 valence electrons. The summed E-state index contributed by atoms with van der Waals surface area (Å²) in [6.45, 7) is 4.61. The highest BCUT2D eigenvalue weighted by Gasteiger charge is 2.22. The number of pyridine rings is 1. The van der Waals surface area contributed by atoms with Crippen molar-refractivity contribution in [2.45, 2.75) is 44.7 Å². The lowest BCUT2D eigenvalue weighted by molar-refractivity contribution is 0.164. The van der Waals surface area contributed by atoms with Gasteiger partial charge in [0, 0.05) is 38.9 Å². The molecule has 1 fully saturated rings. The standard InChI is InChI=1S/C25H37N5O2/c1-26-25(27-15-5-9-19-30-18-8-4-10-24(30)31)28-20-23(29-16-6-3-7-17-29)21-11-13-22(32-2)14-12-21/h4,8,10-14,18,23H,3,5-7,9,15-17,19-20H2,1-2H3,(H2,26,27,28). The van der Waals surface area contributed by atoms with Gasteiger partial charge in [0.2, 0.25) is 5.56 Å². The van der Waals surface area contributed by atoms with Gasteiger partial charge in [-0.05, 0) is 62.5 Å². The number of unbranched alkanes of at least 4 members (excludes halogenated alkanes) is 1. The number of hydrogen-bond donors (Lipinski definition) is 2. The molecule has 1 aromatic heterocycles. The van der Waals surface area contributed by atoms with Crippen LogP contribution in [0.25, 0.3) is 0 Å². The van der Waals surface area contributed by atoms with Crippen molar-refractivity contribution in [1.82, 2.24) is 20.1 Å². The molecule has 32 heavy (non-hydrogen) atoms. The molecule has 2 aromatic rings. The van der Waals surface area contributed by atoms with E-state index < -0.39 is 0 Å². The van der Waals surface area contributed by atoms with Crippen LogP contribution in [-0.4, -0.2) is 55.8 Å². The molecule has 1 atom stereocenters. The Kier molecular flexibility index (Phi) is 9.62. The highest BCUT2D eigenvalue weighted by Crippen LogP contribution is 2.25. The lowest BCUT2D eigenvalue weighted by Gasteiger charge is -2.35. The van der Waals surface area contributed by atoms with Crippen molar-refractivity contribution in [3.8, 4) is 5.75 Å². The third-order valence-electron chi connectivity index (χ3n) is 6.04. The van der Waals surface area contributed by atoms with Gasteiger partial charge in [-0.3, -0.25) is 14.7 Å². The van der Waals surface area contributed by atoms with Gasteiger partial charge in [-0.15, -0.1) is 0 Å². The van der Waals surface area contributed by atoms with Crippen LogP contribution in [0.4, 0.5) is 0 Å². The third-order valence-corrected chi connectivity index (χ3v) is 6.04. The predicted octanol–water partition coefficient (Wildman–Crippen LogP) is 3.03. The first-order valence-electron chi connectivity index (χ1n) is 11.7. The van der Waals surface area contributed by atoms with Crippen molar-refractivity contribution in [2.75, 3.05) is 40.3 Å². The molecule has 7 heteroatoms. The summed E-state index contributed by atoms with van der Waals surface area (Å²) in [5.74, 6) is 1.70. The number of aliphatic imine (C=N–C) groups is 1. The number of aromatic nitrogens is 1. The molecule has 0 radical (unpaired) electrons. The third kappa shape index (κ3) is 7.12. The molecular formula is C25H37N5O2. The Morgan fingerprint density at radius 2 is 1.84 bits per heavy atom. The van der Waals surface area contributed by atoms with Crippen LogP contribution in [-0.2, 0) is 6.54 Å². The monoisotopic (exact) mass is 439 g/mol. The van der Waals surface area contributed by atoms with Crippen LogP contribution in [0.3, 0.4) is 0 Å². The Hall–Kier alpha value is -2.80. The van der Waals surface area contributed by atoms with Gasteiger partial charge in [0.15, 0.2) is 5.96 Å². The summed E-state index contributed by atoms with van der Waals surface area (Å²) in [6, 6.07) is 14.0. The first kappa shape index (κ1) is 23.9. The fraction of sp³-hybridized carbons (Fsp3) is 0.520. The van der Waals surface area contributed by atoms with Gasteiger partial charge in [-0.25, -0.2) is 0 Å². The number of ether oxygens (including phenoxy) is 1. The zero-order valence-corrected chi connectivity index (χ0v) is 19.4. The maximum absolute atomic E-state index is 11.8. The molecular weight excluding hydrogens is 402 g/mol. The van der Waals surface area contributed by atoms with Gasteiger partial charge in [0.25, 0.3) is 0 Å². The van der Waals surface area contributed by atoms with E-state index in [1.807, 2.05) is 31.4 Å². The number of piperidine rings is 1. The smallest absolute Gasteiger partial charge is 0.250 e. The Bertz CT molecular complexity index is 888. The maximum atomic E-state index is 11.8. The van der Waals surface area contributed by atoms with Crippen molar-refractivity contribution in [3.05, 3.63) is 64.6 Å². The summed E-state index contributed by atoms with van der Waals surface area (Å²) in [7, 11) is 3.51. The first-order valence-corrected chi connectivity index (χ1v) is 11.7. The van der Waals surface area contributed by atoms with Gasteiger partial charge >= 0.3 is 0 Å². The fourth-order valence-corrected chi connectivity index (χ4v) is 4.19. The van der Waals surface area contributed by atoms with E-state index in [1.54, 1.807) is 23.8 Å². The molecule has 1 unspecified atom stereocenters. The molecule has 2 heterocycles. The molecule has 2 N–H and O–H groups in total. The van der Waals surface area contributed by atoms with E-state index in [0.717, 1.165) is 57.3 Å². The topological polar surface area (TPSA) is 70.9 Å². The summed E-state index contributed by atoms with van der Waals surface area (Å²) < 4.78 is 7.09. The van der Waals surface area contributed by atoms with E-state index in [4.69, 9.17) is 4.74 Å². The number of benzene rings is 1. The molecule has 1 aliphatic rings. The molecule has 1 aromatic carbocycles. The van der Waals surface area contributed by atoms with Crippen LogP contribution in [0.15, 0.2) is 58.4 Å². The molecule has 7 nitrogen and oxygen atoms in total. The van der Waals surface area contributed by atoms with Gasteiger partial charge in [0.05, 0.1) is 13.2 Å². The summed E-state index contributed by atoms with van der Waals surface area (Å²) in [5, 5.41) is 6.93. The molecule has 3 rings (SSSR count). The number of guanidine groups is 1. The molecule has 0 saturated carbocycles. The Labute approximate surface area is 191 Å². The highest BCUT2D eigenvalue weighted by atomic mass is 16.5. The van der Waals surface area contributed by atoms with Crippen molar-refractivity contribution >= 4 is 5.96 Å². The van der Waals surface area contributed by atoms with Gasteiger partial charge in [-0.2, -0.15) is 0 Å². The second-order valence-electron chi connectivity index (χ2n) is 8.20. The Morgan fingerprint density at radius 1 is 1.06 bits per heavy atom. The molecule has 0 aliphatic carbocycles. The van der Waals surface area contributed by atoms with Crippen LogP contribution >= 0.6 is 0 Å². The number of methoxy groups -OCH3 is 1. The zero-order chi connectivity index (χ0) is 22.6. The Balaban J connectivity index is 1.49. The molecule has 1 saturated heterocycles. The highest BCUT2D eigenvalue weighted by molar-refractivity contribution is 5.79. The number of hydrogen-bond acceptors (Lipinski definition) is 4. The van der Waals surface area contributed by atoms with Crippen LogP contribution in [0, 0.1) is 0 Å². The SMILES string of the molecule is CN=C(NCCCCn1ccccc1=O)NCC(c1ccc(OC)cc1)N1CCCCC1. The fourth-order valence-electron chi connectivity index (χ4n) is 4.19. The largest absolute Gasteiger partial charge is 0.497 e. The minimum absolute atomic E-state index is 0.0558. The van der Waals surface area contributed by atoms with E-state index in [2.05, 4.69) is 32.7 Å². The number of aryl methyl sites for hydroxylation is 1. The van der Waals surface area contributed by atoms with E-state index in [-0.39, 0.29) is 5.56 Å². The van der Waals surface area contributed by atoms with Crippen LogP contribution in [0.2, 0.25) is 0 Å². The quantitative estimate of drug-likeness (QED) is 0.338. The van der Waals surface area contributed by atoms with Crippen molar-refractivity contribution < 1.29 is 4.74 Å². The van der Waals surface area contributed by atoms with Gasteiger partial charge in [0.1, 0.15) is 5.75 Å². The molecule has 1 aliphatic heterocycles. The molecule has 0 amide bonds. The van der Waals surface area contributed by atoms with Crippen LogP contribution in [0.5, 0.6) is 5.75 Å². The van der Waals surface area contributed by atoms with Crippen molar-refractivity contribution in [2.24, 2.45) is 4.99 Å². The average molecular weight is 440 g/mol. The normalized spacial score (nSPS) is 15.9. The second-order valence-corrected chi connectivity index (χ2v) is 8.20. The van der Waals surface area contributed by atoms with E-state index in [0.29, 0.717) is 6.04 Å². The van der Waals surface area contributed by atoms with E-state index >= 15 is 0 Å². The van der Waals surface area contributed by atoms with Crippen LogP contribution in [0.1, 0.15) is 43.7 Å². The first-order chi connectivity index (χ1) is 15.7. The minimum Gasteiger partial charge on any atom is -0.497 e. The molecule has 0 bridgehead atoms. The number of nitrogens with zero attached hydrogens (tertiary/aromatic N) is 3. The van der Waals surface area contributed by atoms with Crippen LogP contribution < -0.4 is 20.9 Å². The van der Waals surface area contributed by atoms with Crippen molar-refractivity contribution in [1.29, 1.82) is 0 Å². The summed E-state index contributed by atoms with van der Waals surface area (Å²) in [4.78, 5) is 18.7. The van der Waals surface area contributed by atoms with Gasteiger partial charge in [-0.1, -0.05) is 24.6 Å². The van der Waals surface area contributed by atoms with Gasteiger partial charge < -0.3 is 19.9 Å². The molecule has 0 spiro atoms. The lowest BCUT2D eigenvalue weighted by atomic mass is 10.0. The van der Waals surface area contributed by atoms with E-state index in [1.165, 1.54) is 24.8 Å². The summed E-state index contributed by atoms with van der Waals surface area (Å²) in [6.07, 6.45) is 7.58. The maximum Gasteiger partial charge on any atom is 0.250 e. The number of rotatable bonds is 10. The summed E-state index contributed by atoms with van der Waals surface area (Å²) in [5.41, 5.74) is 1.35. The zero-order valence-electron chi connectivity index (χ0n) is 19.4. The Morgan fingerprint density at radius 3 is 2.53 bits per heavy atom. The lowest BCUT2D eigenvalue weighted by Crippen LogP contribution is -2.44. The van der Waals surface area contributed by atoms with Crippen molar-refractivity contribution in [3.63, 3.8) is 0 Å². The predicted molar refractivity (Wildman–Crippen MR) is 130 cm³/mol.